The third-order valence-corrected chi connectivity index (χ3v) is 10.4. The van der Waals surface area contributed by atoms with E-state index in [0.29, 0.717) is 6.61 Å². The maximum absolute atomic E-state index is 12.8. The third kappa shape index (κ3) is 34.9. The lowest BCUT2D eigenvalue weighted by molar-refractivity contribution is -0.305. The van der Waals surface area contributed by atoms with Crippen LogP contribution in [0.3, 0.4) is 0 Å². The van der Waals surface area contributed by atoms with Gasteiger partial charge in [0, 0.05) is 13.0 Å². The van der Waals surface area contributed by atoms with Crippen LogP contribution in [0.25, 0.3) is 0 Å². The standard InChI is InChI=1S/C54H88O9/c1-3-5-7-9-11-13-15-17-19-20-21-22-23-24-25-26-27-28-29-30-32-34-36-38-40-42-44-60-46-48(47-61-54-53(59)52(58)51(57)49(45-55)63-54)62-50(56)43-41-39-37-35-33-31-18-16-14-12-10-8-6-4-2/h5,7,10-13,16-19,21-22,24-25,27-28,30,32,48-49,51-55,57-59H,3-4,6,8-9,14-15,20,23,26,29,31,33-47H2,1-2H3/b7-5-,12-10-,13-11-,18-16-,19-17-,22-21-,25-24-,28-27-,32-30-. The van der Waals surface area contributed by atoms with Crippen LogP contribution in [-0.4, -0.2) is 89.6 Å². The number of unbranched alkanes of at least 4 members (excludes halogenated alkanes) is 11. The molecule has 0 saturated carbocycles. The molecule has 0 aliphatic carbocycles. The molecule has 6 atom stereocenters. The number of carbonyl (C=O) groups excluding carboxylic acids is 1. The van der Waals surface area contributed by atoms with Crippen LogP contribution < -0.4 is 0 Å². The molecule has 0 bridgehead atoms. The number of allylic oxidation sites excluding steroid dienone is 18. The van der Waals surface area contributed by atoms with Crippen molar-refractivity contribution in [3.8, 4) is 0 Å². The predicted molar refractivity (Wildman–Crippen MR) is 260 cm³/mol. The molecule has 1 heterocycles. The molecule has 6 unspecified atom stereocenters. The Labute approximate surface area is 383 Å². The van der Waals surface area contributed by atoms with Gasteiger partial charge in [0.2, 0.25) is 0 Å². The molecule has 0 aromatic heterocycles. The van der Waals surface area contributed by atoms with Crippen molar-refractivity contribution in [2.45, 2.75) is 198 Å². The molecular formula is C54H88O9. The van der Waals surface area contributed by atoms with Gasteiger partial charge in [0.05, 0.1) is 19.8 Å². The van der Waals surface area contributed by atoms with E-state index in [2.05, 4.69) is 123 Å². The molecule has 1 rings (SSSR count). The smallest absolute Gasteiger partial charge is 0.306 e. The molecule has 1 fully saturated rings. The van der Waals surface area contributed by atoms with E-state index in [9.17, 15) is 25.2 Å². The highest BCUT2D eigenvalue weighted by Gasteiger charge is 2.44. The second-order valence-electron chi connectivity index (χ2n) is 16.2. The van der Waals surface area contributed by atoms with E-state index in [0.717, 1.165) is 128 Å². The summed E-state index contributed by atoms with van der Waals surface area (Å²) in [5.41, 5.74) is 0. The van der Waals surface area contributed by atoms with Crippen molar-refractivity contribution in [3.63, 3.8) is 0 Å². The van der Waals surface area contributed by atoms with E-state index >= 15 is 0 Å². The summed E-state index contributed by atoms with van der Waals surface area (Å²) >= 11 is 0. The SMILES string of the molecule is CC/C=C\C/C=C\C/C=C\C/C=C\C/C=C\C/C=C\C/C=C\CCCCCCOCC(COC1OC(CO)C(O)C(O)C1O)OC(=O)CCCCCCC/C=C\C/C=C\CCCC. The van der Waals surface area contributed by atoms with E-state index < -0.39 is 43.4 Å². The lowest BCUT2D eigenvalue weighted by atomic mass is 9.99. The summed E-state index contributed by atoms with van der Waals surface area (Å²) in [6.07, 6.45) is 55.5. The fourth-order valence-corrected chi connectivity index (χ4v) is 6.60. The van der Waals surface area contributed by atoms with Gasteiger partial charge in [0.25, 0.3) is 0 Å². The summed E-state index contributed by atoms with van der Waals surface area (Å²) in [6.45, 7) is 4.30. The Kier molecular flexibility index (Phi) is 40.5. The van der Waals surface area contributed by atoms with E-state index in [-0.39, 0.29) is 25.6 Å². The number of hydrogen-bond acceptors (Lipinski definition) is 9. The zero-order chi connectivity index (χ0) is 45.7. The van der Waals surface area contributed by atoms with Crippen molar-refractivity contribution in [2.24, 2.45) is 0 Å². The Bertz CT molecular complexity index is 1320. The molecule has 1 aliphatic rings. The van der Waals surface area contributed by atoms with Crippen molar-refractivity contribution in [1.82, 2.24) is 0 Å². The van der Waals surface area contributed by atoms with Gasteiger partial charge in [-0.05, 0) is 96.3 Å². The Balaban J connectivity index is 2.26. The number of ether oxygens (including phenoxy) is 4. The molecular weight excluding hydrogens is 793 g/mol. The molecule has 4 N–H and O–H groups in total. The molecule has 1 saturated heterocycles. The molecule has 358 valence electrons. The Morgan fingerprint density at radius 1 is 0.524 bits per heavy atom. The molecule has 0 aromatic carbocycles. The average molecular weight is 881 g/mol. The normalized spacial score (nSPS) is 20.6. The van der Waals surface area contributed by atoms with Crippen molar-refractivity contribution in [2.75, 3.05) is 26.4 Å². The number of hydrogen-bond donors (Lipinski definition) is 4. The Morgan fingerprint density at radius 3 is 1.46 bits per heavy atom. The summed E-state index contributed by atoms with van der Waals surface area (Å²) in [5.74, 6) is -0.343. The van der Waals surface area contributed by atoms with E-state index in [1.54, 1.807) is 0 Å². The minimum atomic E-state index is -1.55. The van der Waals surface area contributed by atoms with Crippen molar-refractivity contribution in [1.29, 1.82) is 0 Å². The number of aliphatic hydroxyl groups is 4. The van der Waals surface area contributed by atoms with Crippen LogP contribution in [0.5, 0.6) is 0 Å². The highest BCUT2D eigenvalue weighted by atomic mass is 16.7. The van der Waals surface area contributed by atoms with E-state index in [4.69, 9.17) is 18.9 Å². The van der Waals surface area contributed by atoms with Crippen LogP contribution in [-0.2, 0) is 23.7 Å². The van der Waals surface area contributed by atoms with Crippen LogP contribution in [0.1, 0.15) is 162 Å². The Morgan fingerprint density at radius 2 is 0.968 bits per heavy atom. The van der Waals surface area contributed by atoms with Crippen LogP contribution in [0.15, 0.2) is 109 Å². The molecule has 9 heteroatoms. The van der Waals surface area contributed by atoms with Crippen molar-refractivity contribution in [3.05, 3.63) is 109 Å². The highest BCUT2D eigenvalue weighted by molar-refractivity contribution is 5.69. The second kappa shape index (κ2) is 44.1. The first-order valence-electron chi connectivity index (χ1n) is 24.5. The van der Waals surface area contributed by atoms with Gasteiger partial charge in [0.15, 0.2) is 6.29 Å². The first-order chi connectivity index (χ1) is 30.9. The molecule has 0 spiro atoms. The monoisotopic (exact) mass is 881 g/mol. The van der Waals surface area contributed by atoms with E-state index in [1.807, 2.05) is 0 Å². The van der Waals surface area contributed by atoms with Crippen molar-refractivity contribution < 1.29 is 44.2 Å². The molecule has 1 aliphatic heterocycles. The quantitative estimate of drug-likeness (QED) is 0.0269. The van der Waals surface area contributed by atoms with Crippen LogP contribution in [0.4, 0.5) is 0 Å². The van der Waals surface area contributed by atoms with Gasteiger partial charge in [-0.15, -0.1) is 0 Å². The first-order valence-corrected chi connectivity index (χ1v) is 24.5. The fraction of sp³-hybridized carbons (Fsp3) is 0.648. The fourth-order valence-electron chi connectivity index (χ4n) is 6.60. The first kappa shape index (κ1) is 57.9. The lowest BCUT2D eigenvalue weighted by Crippen LogP contribution is -2.59. The highest BCUT2D eigenvalue weighted by Crippen LogP contribution is 2.22. The van der Waals surface area contributed by atoms with Gasteiger partial charge in [-0.2, -0.15) is 0 Å². The Hall–Kier alpha value is -3.15. The van der Waals surface area contributed by atoms with Gasteiger partial charge < -0.3 is 39.4 Å². The summed E-state index contributed by atoms with van der Waals surface area (Å²) in [4.78, 5) is 12.8. The zero-order valence-electron chi connectivity index (χ0n) is 39.3. The topological polar surface area (TPSA) is 135 Å². The maximum atomic E-state index is 12.8. The number of rotatable bonds is 40. The summed E-state index contributed by atoms with van der Waals surface area (Å²) < 4.78 is 22.8. The molecule has 0 radical (unpaired) electrons. The maximum Gasteiger partial charge on any atom is 0.306 e. The number of aliphatic hydroxyl groups excluding tert-OH is 4. The van der Waals surface area contributed by atoms with Gasteiger partial charge in [-0.25, -0.2) is 0 Å². The number of esters is 1. The minimum Gasteiger partial charge on any atom is -0.457 e. The number of carbonyl (C=O) groups is 1. The third-order valence-electron chi connectivity index (χ3n) is 10.4. The van der Waals surface area contributed by atoms with Crippen molar-refractivity contribution >= 4 is 5.97 Å². The summed E-state index contributed by atoms with van der Waals surface area (Å²) in [5, 5.41) is 40.2. The van der Waals surface area contributed by atoms with Crippen LogP contribution in [0.2, 0.25) is 0 Å². The lowest BCUT2D eigenvalue weighted by Gasteiger charge is -2.39. The summed E-state index contributed by atoms with van der Waals surface area (Å²) in [7, 11) is 0. The summed E-state index contributed by atoms with van der Waals surface area (Å²) in [6, 6.07) is 0. The molecule has 63 heavy (non-hydrogen) atoms. The average Bonchev–Trinajstić information content (AvgIpc) is 3.28. The van der Waals surface area contributed by atoms with E-state index in [1.165, 1.54) is 12.8 Å². The zero-order valence-corrected chi connectivity index (χ0v) is 39.3. The largest absolute Gasteiger partial charge is 0.457 e. The van der Waals surface area contributed by atoms with Gasteiger partial charge >= 0.3 is 5.97 Å². The molecule has 0 amide bonds. The molecule has 9 nitrogen and oxygen atoms in total. The van der Waals surface area contributed by atoms with Crippen LogP contribution in [0, 0.1) is 0 Å². The minimum absolute atomic E-state index is 0.114. The van der Waals surface area contributed by atoms with Gasteiger partial charge in [0.1, 0.15) is 30.5 Å². The van der Waals surface area contributed by atoms with Gasteiger partial charge in [-0.3, -0.25) is 4.79 Å². The second-order valence-corrected chi connectivity index (χ2v) is 16.2. The predicted octanol–water partition coefficient (Wildman–Crippen LogP) is 11.7. The molecule has 0 aromatic rings. The van der Waals surface area contributed by atoms with Gasteiger partial charge in [-0.1, -0.05) is 168 Å². The van der Waals surface area contributed by atoms with Crippen LogP contribution >= 0.6 is 0 Å².